The third-order valence-corrected chi connectivity index (χ3v) is 5.21. The number of thiophene rings is 1. The highest BCUT2D eigenvalue weighted by Gasteiger charge is 2.15. The summed E-state index contributed by atoms with van der Waals surface area (Å²) in [7, 11) is 0. The van der Waals surface area contributed by atoms with E-state index in [-0.39, 0.29) is 23.7 Å². The molecule has 144 valence electrons. The molecule has 0 radical (unpaired) electrons. The Balaban J connectivity index is 1.66. The van der Waals surface area contributed by atoms with Gasteiger partial charge in [0, 0.05) is 28.8 Å². The number of hydrogen-bond acceptors (Lipinski definition) is 6. The fourth-order valence-electron chi connectivity index (χ4n) is 2.93. The van der Waals surface area contributed by atoms with Crippen LogP contribution < -0.4 is 10.9 Å². The first-order chi connectivity index (χ1) is 14.0. The molecule has 0 fully saturated rings. The Kier molecular flexibility index (Phi) is 4.88. The summed E-state index contributed by atoms with van der Waals surface area (Å²) in [4.78, 5) is 40.5. The van der Waals surface area contributed by atoms with Crippen LogP contribution in [0.1, 0.15) is 0 Å². The third kappa shape index (κ3) is 3.76. The summed E-state index contributed by atoms with van der Waals surface area (Å²) in [5, 5.41) is 15.8. The molecule has 2 aromatic heterocycles. The monoisotopic (exact) mass is 406 g/mol. The Morgan fingerprint density at radius 1 is 1.14 bits per heavy atom. The number of amides is 1. The number of fused-ring (bicyclic) bond motifs is 1. The maximum absolute atomic E-state index is 13.0. The number of hydrogen-bond donors (Lipinski definition) is 1. The average Bonchev–Trinajstić information content (AvgIpc) is 3.16. The van der Waals surface area contributed by atoms with Gasteiger partial charge in [0.05, 0.1) is 16.6 Å². The Morgan fingerprint density at radius 2 is 1.86 bits per heavy atom. The van der Waals surface area contributed by atoms with Gasteiger partial charge in [-0.1, -0.05) is 18.2 Å². The molecule has 2 heterocycles. The van der Waals surface area contributed by atoms with E-state index in [0.717, 1.165) is 0 Å². The van der Waals surface area contributed by atoms with Crippen LogP contribution in [0.25, 0.3) is 21.3 Å². The lowest BCUT2D eigenvalue weighted by atomic mass is 10.1. The van der Waals surface area contributed by atoms with Crippen LogP contribution in [0, 0.1) is 10.1 Å². The molecular formula is C20H14N4O4S. The predicted octanol–water partition coefficient (Wildman–Crippen LogP) is 3.67. The molecule has 0 spiro atoms. The Labute approximate surface area is 168 Å². The highest BCUT2D eigenvalue weighted by Crippen LogP contribution is 2.31. The van der Waals surface area contributed by atoms with E-state index in [2.05, 4.69) is 10.3 Å². The van der Waals surface area contributed by atoms with Gasteiger partial charge in [-0.2, -0.15) is 0 Å². The van der Waals surface area contributed by atoms with E-state index in [0.29, 0.717) is 27.0 Å². The van der Waals surface area contributed by atoms with E-state index < -0.39 is 4.92 Å². The van der Waals surface area contributed by atoms with Crippen molar-refractivity contribution in [1.82, 2.24) is 9.55 Å². The van der Waals surface area contributed by atoms with Crippen LogP contribution in [0.5, 0.6) is 0 Å². The summed E-state index contributed by atoms with van der Waals surface area (Å²) in [6, 6.07) is 14.9. The highest BCUT2D eigenvalue weighted by molar-refractivity contribution is 7.17. The van der Waals surface area contributed by atoms with Crippen LogP contribution in [0.2, 0.25) is 0 Å². The van der Waals surface area contributed by atoms with E-state index in [1.807, 2.05) is 6.07 Å². The molecule has 29 heavy (non-hydrogen) atoms. The quantitative estimate of drug-likeness (QED) is 0.402. The van der Waals surface area contributed by atoms with Crippen molar-refractivity contribution >= 4 is 38.8 Å². The lowest BCUT2D eigenvalue weighted by Crippen LogP contribution is -2.27. The highest BCUT2D eigenvalue weighted by atomic mass is 32.1. The van der Waals surface area contributed by atoms with Gasteiger partial charge in [0.1, 0.15) is 11.4 Å². The first-order valence-electron chi connectivity index (χ1n) is 8.59. The largest absolute Gasteiger partial charge is 0.325 e. The van der Waals surface area contributed by atoms with Crippen molar-refractivity contribution in [1.29, 1.82) is 0 Å². The number of carbonyl (C=O) groups excluding carboxylic acids is 1. The number of anilines is 1. The Hall–Kier alpha value is -3.85. The zero-order valence-electron chi connectivity index (χ0n) is 14.9. The summed E-state index contributed by atoms with van der Waals surface area (Å²) in [5.74, 6) is -0.341. The van der Waals surface area contributed by atoms with E-state index in [1.165, 1.54) is 34.4 Å². The van der Waals surface area contributed by atoms with E-state index in [4.69, 9.17) is 0 Å². The predicted molar refractivity (Wildman–Crippen MR) is 111 cm³/mol. The van der Waals surface area contributed by atoms with Crippen LogP contribution in [-0.4, -0.2) is 20.4 Å². The normalized spacial score (nSPS) is 10.8. The molecule has 0 saturated carbocycles. The van der Waals surface area contributed by atoms with Crippen LogP contribution in [0.4, 0.5) is 11.4 Å². The number of nitro benzene ring substituents is 1. The number of nitrogens with zero attached hydrogens (tertiary/aromatic N) is 3. The molecule has 0 unspecified atom stereocenters. The molecule has 0 aliphatic heterocycles. The third-order valence-electron chi connectivity index (χ3n) is 4.32. The van der Waals surface area contributed by atoms with Crippen LogP contribution in [0.15, 0.2) is 71.1 Å². The molecule has 9 heteroatoms. The van der Waals surface area contributed by atoms with Crippen molar-refractivity contribution in [2.24, 2.45) is 0 Å². The molecule has 1 amide bonds. The number of para-hydroxylation sites is 1. The summed E-state index contributed by atoms with van der Waals surface area (Å²) < 4.78 is 1.25. The molecule has 0 bridgehead atoms. The first kappa shape index (κ1) is 18.5. The van der Waals surface area contributed by atoms with Crippen molar-refractivity contribution in [3.05, 3.63) is 86.8 Å². The molecule has 0 aliphatic rings. The fraction of sp³-hybridized carbons (Fsp3) is 0.0500. The molecular weight excluding hydrogens is 392 g/mol. The minimum atomic E-state index is -0.477. The molecule has 0 atom stereocenters. The second-order valence-corrected chi connectivity index (χ2v) is 7.08. The maximum atomic E-state index is 13.0. The van der Waals surface area contributed by atoms with Gasteiger partial charge in [0.15, 0.2) is 0 Å². The van der Waals surface area contributed by atoms with E-state index in [9.17, 15) is 19.7 Å². The van der Waals surface area contributed by atoms with Gasteiger partial charge in [-0.05, 0) is 29.8 Å². The number of rotatable bonds is 5. The topological polar surface area (TPSA) is 107 Å². The van der Waals surface area contributed by atoms with Gasteiger partial charge in [0.2, 0.25) is 5.91 Å². The molecule has 8 nitrogen and oxygen atoms in total. The smallest absolute Gasteiger partial charge is 0.269 e. The van der Waals surface area contributed by atoms with Crippen molar-refractivity contribution in [2.45, 2.75) is 6.54 Å². The Morgan fingerprint density at radius 3 is 2.55 bits per heavy atom. The minimum absolute atomic E-state index is 0.0265. The van der Waals surface area contributed by atoms with Crippen molar-refractivity contribution < 1.29 is 9.72 Å². The molecule has 0 saturated heterocycles. The minimum Gasteiger partial charge on any atom is -0.325 e. The van der Waals surface area contributed by atoms with Gasteiger partial charge in [-0.25, -0.2) is 4.98 Å². The lowest BCUT2D eigenvalue weighted by Gasteiger charge is -2.07. The van der Waals surface area contributed by atoms with Gasteiger partial charge >= 0.3 is 0 Å². The number of aromatic nitrogens is 2. The van der Waals surface area contributed by atoms with Crippen molar-refractivity contribution in [3.63, 3.8) is 0 Å². The van der Waals surface area contributed by atoms with Crippen molar-refractivity contribution in [3.8, 4) is 11.1 Å². The van der Waals surface area contributed by atoms with Crippen LogP contribution >= 0.6 is 11.3 Å². The van der Waals surface area contributed by atoms with Gasteiger partial charge in [-0.3, -0.25) is 24.3 Å². The van der Waals surface area contributed by atoms with E-state index >= 15 is 0 Å². The summed E-state index contributed by atoms with van der Waals surface area (Å²) >= 11 is 1.30. The number of nitrogens with one attached hydrogen (secondary N) is 1. The molecule has 4 aromatic rings. The van der Waals surface area contributed by atoms with Gasteiger partial charge < -0.3 is 5.32 Å². The van der Waals surface area contributed by atoms with Crippen LogP contribution in [-0.2, 0) is 11.3 Å². The van der Waals surface area contributed by atoms with Gasteiger partial charge in [-0.15, -0.1) is 11.3 Å². The number of nitro groups is 1. The molecule has 0 aliphatic carbocycles. The maximum Gasteiger partial charge on any atom is 0.269 e. The zero-order chi connectivity index (χ0) is 20.4. The fourth-order valence-corrected chi connectivity index (χ4v) is 3.84. The zero-order valence-corrected chi connectivity index (χ0v) is 15.8. The molecule has 2 aromatic carbocycles. The molecule has 1 N–H and O–H groups in total. The second kappa shape index (κ2) is 7.64. The lowest BCUT2D eigenvalue weighted by molar-refractivity contribution is -0.384. The van der Waals surface area contributed by atoms with Crippen molar-refractivity contribution in [2.75, 3.05) is 5.32 Å². The SMILES string of the molecule is O=C(Cn1cnc2scc(-c3ccc([N+](=O)[O-])cc3)c2c1=O)Nc1ccccc1. The Bertz CT molecular complexity index is 1260. The first-order valence-corrected chi connectivity index (χ1v) is 9.47. The average molecular weight is 406 g/mol. The summed E-state index contributed by atoms with van der Waals surface area (Å²) in [5.41, 5.74) is 1.58. The van der Waals surface area contributed by atoms with Crippen LogP contribution in [0.3, 0.4) is 0 Å². The van der Waals surface area contributed by atoms with Gasteiger partial charge in [0.25, 0.3) is 11.2 Å². The summed E-state index contributed by atoms with van der Waals surface area (Å²) in [6.45, 7) is -0.174. The van der Waals surface area contributed by atoms with E-state index in [1.54, 1.807) is 41.8 Å². The number of non-ortho nitro benzene ring substituents is 1. The standard InChI is InChI=1S/C20H14N4O4S/c25-17(22-14-4-2-1-3-5-14)10-23-12-21-19-18(20(23)26)16(11-29-19)13-6-8-15(9-7-13)24(27)28/h1-9,11-12H,10H2,(H,22,25). The second-order valence-electron chi connectivity index (χ2n) is 6.23. The summed E-state index contributed by atoms with van der Waals surface area (Å²) in [6.07, 6.45) is 1.35. The number of benzene rings is 2. The molecule has 4 rings (SSSR count). The number of carbonyl (C=O) groups is 1.